The van der Waals surface area contributed by atoms with Gasteiger partial charge in [-0.05, 0) is 43.7 Å². The molecule has 0 aliphatic carbocycles. The molecule has 0 amide bonds. The molecule has 2 N–H and O–H groups in total. The molecule has 142 valence electrons. The SMILES string of the molecule is CC=C(C)c1nc2ccc3nc(Nc4c(Cl)cccc4Cl)n(C)c3c2c(=O)[nH]1. The second-order valence-corrected chi connectivity index (χ2v) is 7.24. The molecular formula is C20H17Cl2N5O. The molecule has 0 saturated heterocycles. The Morgan fingerprint density at radius 1 is 1.14 bits per heavy atom. The minimum Gasteiger partial charge on any atom is -0.323 e. The molecule has 0 spiro atoms. The summed E-state index contributed by atoms with van der Waals surface area (Å²) < 4.78 is 1.80. The quantitative estimate of drug-likeness (QED) is 0.478. The third kappa shape index (κ3) is 2.95. The zero-order chi connectivity index (χ0) is 20.0. The molecule has 0 aliphatic rings. The Morgan fingerprint density at radius 3 is 2.50 bits per heavy atom. The monoisotopic (exact) mass is 413 g/mol. The summed E-state index contributed by atoms with van der Waals surface area (Å²) in [7, 11) is 1.83. The number of aromatic amines is 1. The number of fused-ring (bicyclic) bond motifs is 3. The Kier molecular flexibility index (Phi) is 4.61. The Bertz CT molecular complexity index is 1300. The number of hydrogen-bond donors (Lipinski definition) is 2. The minimum absolute atomic E-state index is 0.211. The van der Waals surface area contributed by atoms with Crippen LogP contribution in [0.25, 0.3) is 27.5 Å². The van der Waals surface area contributed by atoms with Crippen molar-refractivity contribution in [2.75, 3.05) is 5.32 Å². The number of imidazole rings is 1. The average molecular weight is 414 g/mol. The lowest BCUT2D eigenvalue weighted by atomic mass is 10.2. The summed E-state index contributed by atoms with van der Waals surface area (Å²) in [6, 6.07) is 8.91. The summed E-state index contributed by atoms with van der Waals surface area (Å²) >= 11 is 12.5. The number of benzene rings is 2. The number of anilines is 2. The molecule has 2 aromatic heterocycles. The summed E-state index contributed by atoms with van der Waals surface area (Å²) in [5, 5.41) is 4.62. The first-order valence-electron chi connectivity index (χ1n) is 8.64. The van der Waals surface area contributed by atoms with E-state index in [9.17, 15) is 4.79 Å². The molecule has 0 fully saturated rings. The van der Waals surface area contributed by atoms with E-state index in [0.29, 0.717) is 49.4 Å². The number of hydrogen-bond acceptors (Lipinski definition) is 4. The maximum absolute atomic E-state index is 12.8. The van der Waals surface area contributed by atoms with Crippen LogP contribution in [0.3, 0.4) is 0 Å². The number of H-pyrrole nitrogens is 1. The summed E-state index contributed by atoms with van der Waals surface area (Å²) in [5.74, 6) is 1.08. The summed E-state index contributed by atoms with van der Waals surface area (Å²) in [6.45, 7) is 3.81. The highest BCUT2D eigenvalue weighted by atomic mass is 35.5. The van der Waals surface area contributed by atoms with Gasteiger partial charge in [-0.3, -0.25) is 4.79 Å². The average Bonchev–Trinajstić information content (AvgIpc) is 2.99. The van der Waals surface area contributed by atoms with Gasteiger partial charge in [0.2, 0.25) is 5.95 Å². The van der Waals surface area contributed by atoms with Gasteiger partial charge in [-0.15, -0.1) is 0 Å². The molecule has 6 nitrogen and oxygen atoms in total. The lowest BCUT2D eigenvalue weighted by molar-refractivity contribution is 0.960. The third-order valence-corrected chi connectivity index (χ3v) is 5.34. The first-order valence-corrected chi connectivity index (χ1v) is 9.40. The first kappa shape index (κ1) is 18.5. The Hall–Kier alpha value is -2.83. The largest absolute Gasteiger partial charge is 0.323 e. The van der Waals surface area contributed by atoms with Crippen LogP contribution in [0.15, 0.2) is 41.2 Å². The predicted octanol–water partition coefficient (Wildman–Crippen LogP) is 5.28. The van der Waals surface area contributed by atoms with E-state index in [1.165, 1.54) is 0 Å². The van der Waals surface area contributed by atoms with Gasteiger partial charge in [0, 0.05) is 7.05 Å². The fourth-order valence-corrected chi connectivity index (χ4v) is 3.59. The molecular weight excluding hydrogens is 397 g/mol. The van der Waals surface area contributed by atoms with Gasteiger partial charge in [0.1, 0.15) is 5.82 Å². The molecule has 4 aromatic rings. The normalized spacial score (nSPS) is 12.1. The maximum atomic E-state index is 12.8. The topological polar surface area (TPSA) is 75.6 Å². The van der Waals surface area contributed by atoms with Crippen molar-refractivity contribution in [2.24, 2.45) is 7.05 Å². The van der Waals surface area contributed by atoms with Gasteiger partial charge in [0.25, 0.3) is 5.56 Å². The highest BCUT2D eigenvalue weighted by Crippen LogP contribution is 2.33. The van der Waals surface area contributed by atoms with Crippen LogP contribution < -0.4 is 10.9 Å². The van der Waals surface area contributed by atoms with Gasteiger partial charge < -0.3 is 14.9 Å². The number of aryl methyl sites for hydroxylation is 1. The Labute approximate surface area is 170 Å². The van der Waals surface area contributed by atoms with Crippen molar-refractivity contribution in [3.63, 3.8) is 0 Å². The first-order chi connectivity index (χ1) is 13.4. The molecule has 0 unspecified atom stereocenters. The van der Waals surface area contributed by atoms with E-state index in [0.717, 1.165) is 5.57 Å². The van der Waals surface area contributed by atoms with E-state index >= 15 is 0 Å². The summed E-state index contributed by atoms with van der Waals surface area (Å²) in [5.41, 5.74) is 3.21. The van der Waals surface area contributed by atoms with E-state index in [2.05, 4.69) is 20.3 Å². The van der Waals surface area contributed by atoms with Gasteiger partial charge in [-0.1, -0.05) is 35.3 Å². The van der Waals surface area contributed by atoms with Crippen molar-refractivity contribution in [1.29, 1.82) is 0 Å². The highest BCUT2D eigenvalue weighted by Gasteiger charge is 2.17. The van der Waals surface area contributed by atoms with Gasteiger partial charge in [0.15, 0.2) is 0 Å². The second-order valence-electron chi connectivity index (χ2n) is 6.43. The molecule has 4 rings (SSSR count). The second kappa shape index (κ2) is 6.96. The fourth-order valence-electron chi connectivity index (χ4n) is 3.09. The van der Waals surface area contributed by atoms with E-state index in [1.807, 2.05) is 33.0 Å². The van der Waals surface area contributed by atoms with Crippen LogP contribution in [0.4, 0.5) is 11.6 Å². The number of allylic oxidation sites excluding steroid dienone is 2. The van der Waals surface area contributed by atoms with Gasteiger partial charge in [-0.25, -0.2) is 9.97 Å². The number of nitrogens with one attached hydrogen (secondary N) is 2. The molecule has 0 bridgehead atoms. The van der Waals surface area contributed by atoms with Crippen molar-refractivity contribution in [3.8, 4) is 0 Å². The minimum atomic E-state index is -0.211. The standard InChI is InChI=1S/C20H17Cl2N5O/c1-4-10(2)18-23-13-8-9-14-17(15(13)19(28)26-18)27(3)20(24-14)25-16-11(21)6-5-7-12(16)22/h4-9H,1-3H3,(H,24,25)(H,23,26,28). The number of rotatable bonds is 3. The third-order valence-electron chi connectivity index (χ3n) is 4.71. The van der Waals surface area contributed by atoms with Crippen molar-refractivity contribution in [3.05, 3.63) is 62.6 Å². The number of para-hydroxylation sites is 1. The number of halogens is 2. The van der Waals surface area contributed by atoms with Crippen LogP contribution in [-0.2, 0) is 7.05 Å². The van der Waals surface area contributed by atoms with Crippen LogP contribution in [0.5, 0.6) is 0 Å². The van der Waals surface area contributed by atoms with E-state index in [1.54, 1.807) is 28.8 Å². The zero-order valence-electron chi connectivity index (χ0n) is 15.5. The number of aromatic nitrogens is 4. The Morgan fingerprint density at radius 2 is 1.82 bits per heavy atom. The van der Waals surface area contributed by atoms with E-state index in [4.69, 9.17) is 23.2 Å². The van der Waals surface area contributed by atoms with Gasteiger partial charge >= 0.3 is 0 Å². The maximum Gasteiger partial charge on any atom is 0.261 e. The molecule has 8 heteroatoms. The lowest BCUT2D eigenvalue weighted by Gasteiger charge is -2.10. The van der Waals surface area contributed by atoms with Crippen molar-refractivity contribution in [2.45, 2.75) is 13.8 Å². The van der Waals surface area contributed by atoms with Crippen molar-refractivity contribution >= 4 is 62.3 Å². The molecule has 0 atom stereocenters. The predicted molar refractivity (Wildman–Crippen MR) is 116 cm³/mol. The highest BCUT2D eigenvalue weighted by molar-refractivity contribution is 6.39. The van der Waals surface area contributed by atoms with Crippen LogP contribution in [0, 0.1) is 0 Å². The van der Waals surface area contributed by atoms with Gasteiger partial charge in [0.05, 0.1) is 37.7 Å². The van der Waals surface area contributed by atoms with Crippen LogP contribution >= 0.6 is 23.2 Å². The van der Waals surface area contributed by atoms with Crippen LogP contribution in [-0.4, -0.2) is 19.5 Å². The Balaban J connectivity index is 1.94. The van der Waals surface area contributed by atoms with E-state index < -0.39 is 0 Å². The molecule has 2 aromatic carbocycles. The van der Waals surface area contributed by atoms with Crippen LogP contribution in [0.1, 0.15) is 19.7 Å². The molecule has 0 radical (unpaired) electrons. The van der Waals surface area contributed by atoms with E-state index in [-0.39, 0.29) is 5.56 Å². The molecule has 2 heterocycles. The summed E-state index contributed by atoms with van der Waals surface area (Å²) in [6.07, 6.45) is 1.90. The molecule has 0 saturated carbocycles. The summed E-state index contributed by atoms with van der Waals surface area (Å²) in [4.78, 5) is 24.9. The smallest absolute Gasteiger partial charge is 0.261 e. The molecule has 28 heavy (non-hydrogen) atoms. The van der Waals surface area contributed by atoms with Crippen LogP contribution in [0.2, 0.25) is 10.0 Å². The molecule has 0 aliphatic heterocycles. The zero-order valence-corrected chi connectivity index (χ0v) is 17.0. The van der Waals surface area contributed by atoms with Crippen molar-refractivity contribution in [1.82, 2.24) is 19.5 Å². The lowest BCUT2D eigenvalue weighted by Crippen LogP contribution is -2.12. The number of nitrogens with zero attached hydrogens (tertiary/aromatic N) is 3. The van der Waals surface area contributed by atoms with Gasteiger partial charge in [-0.2, -0.15) is 0 Å². The fraction of sp³-hybridized carbons (Fsp3) is 0.150. The van der Waals surface area contributed by atoms with Crippen molar-refractivity contribution < 1.29 is 0 Å².